The summed E-state index contributed by atoms with van der Waals surface area (Å²) in [7, 11) is 0. The largest absolute Gasteiger partial charge is 0.0651 e. The Hall–Kier alpha value is -2.34. The lowest BCUT2D eigenvalue weighted by molar-refractivity contribution is 0.468. The van der Waals surface area contributed by atoms with Crippen molar-refractivity contribution in [1.29, 1.82) is 0 Å². The molecule has 0 aliphatic carbocycles. The minimum atomic E-state index is 0.436. The topological polar surface area (TPSA) is 0 Å². The molecule has 182 valence electrons. The Morgan fingerprint density at radius 3 is 1.15 bits per heavy atom. The first-order chi connectivity index (χ1) is 16.5. The third-order valence-electron chi connectivity index (χ3n) is 8.00. The molecule has 0 N–H and O–H groups in total. The minimum absolute atomic E-state index is 0.436. The van der Waals surface area contributed by atoms with Gasteiger partial charge < -0.3 is 0 Å². The molecule has 0 saturated carbocycles. The van der Waals surface area contributed by atoms with Crippen LogP contribution in [0.4, 0.5) is 0 Å². The Morgan fingerprint density at radius 1 is 0.500 bits per heavy atom. The third-order valence-corrected chi connectivity index (χ3v) is 8.00. The van der Waals surface area contributed by atoms with Gasteiger partial charge in [0, 0.05) is 11.8 Å². The highest BCUT2D eigenvalue weighted by Crippen LogP contribution is 2.41. The summed E-state index contributed by atoms with van der Waals surface area (Å²) in [5.41, 5.74) is 8.83. The van der Waals surface area contributed by atoms with E-state index in [0.29, 0.717) is 23.7 Å². The standard InChI is InChI=1S/C34H46/c1-7-25(5)23-33(29-19-15-27(9-3)16-20-29)31-13-11-12-14-32(31)34(24-26(6)8-2)30-21-17-28(10-4)18-22-30/h11-22,25-26,33-34H,7-10,23-24H2,1-6H3. The van der Waals surface area contributed by atoms with Gasteiger partial charge in [-0.2, -0.15) is 0 Å². The van der Waals surface area contributed by atoms with E-state index in [-0.39, 0.29) is 0 Å². The van der Waals surface area contributed by atoms with Gasteiger partial charge in [-0.3, -0.25) is 0 Å². The van der Waals surface area contributed by atoms with E-state index < -0.39 is 0 Å². The predicted octanol–water partition coefficient (Wildman–Crippen LogP) is 9.95. The zero-order valence-electron chi connectivity index (χ0n) is 22.5. The molecule has 34 heavy (non-hydrogen) atoms. The third kappa shape index (κ3) is 6.62. The van der Waals surface area contributed by atoms with Gasteiger partial charge in [-0.1, -0.05) is 127 Å². The van der Waals surface area contributed by atoms with Gasteiger partial charge in [-0.05, 0) is 70.9 Å². The molecule has 0 amide bonds. The van der Waals surface area contributed by atoms with Gasteiger partial charge in [0.2, 0.25) is 0 Å². The maximum Gasteiger partial charge on any atom is 0.00948 e. The fourth-order valence-electron chi connectivity index (χ4n) is 5.14. The number of aryl methyl sites for hydroxylation is 2. The van der Waals surface area contributed by atoms with Crippen molar-refractivity contribution in [3.05, 3.63) is 106 Å². The first kappa shape index (κ1) is 26.3. The molecule has 0 saturated heterocycles. The number of hydrogen-bond donors (Lipinski definition) is 0. The van der Waals surface area contributed by atoms with Crippen molar-refractivity contribution < 1.29 is 0 Å². The molecule has 0 bridgehead atoms. The van der Waals surface area contributed by atoms with E-state index >= 15 is 0 Å². The Bertz CT molecular complexity index is 897. The van der Waals surface area contributed by atoms with Gasteiger partial charge in [0.05, 0.1) is 0 Å². The van der Waals surface area contributed by atoms with Crippen LogP contribution in [-0.4, -0.2) is 0 Å². The molecular weight excluding hydrogens is 408 g/mol. The van der Waals surface area contributed by atoms with Crippen molar-refractivity contribution in [3.63, 3.8) is 0 Å². The van der Waals surface area contributed by atoms with Gasteiger partial charge in [0.15, 0.2) is 0 Å². The van der Waals surface area contributed by atoms with E-state index in [2.05, 4.69) is 114 Å². The maximum absolute atomic E-state index is 2.42. The van der Waals surface area contributed by atoms with Gasteiger partial charge in [0.25, 0.3) is 0 Å². The van der Waals surface area contributed by atoms with Crippen molar-refractivity contribution in [3.8, 4) is 0 Å². The summed E-state index contributed by atoms with van der Waals surface area (Å²) in [5, 5.41) is 0. The van der Waals surface area contributed by atoms with Crippen LogP contribution in [-0.2, 0) is 12.8 Å². The molecule has 0 heteroatoms. The summed E-state index contributed by atoms with van der Waals surface area (Å²) in [6.07, 6.45) is 7.03. The van der Waals surface area contributed by atoms with E-state index in [1.54, 1.807) is 0 Å². The first-order valence-electron chi connectivity index (χ1n) is 13.8. The number of benzene rings is 3. The average molecular weight is 455 g/mol. The molecule has 0 aromatic heterocycles. The van der Waals surface area contributed by atoms with E-state index in [0.717, 1.165) is 12.8 Å². The Kier molecular flexibility index (Phi) is 10.00. The van der Waals surface area contributed by atoms with Gasteiger partial charge in [-0.15, -0.1) is 0 Å². The van der Waals surface area contributed by atoms with Gasteiger partial charge >= 0.3 is 0 Å². The molecule has 0 fully saturated rings. The monoisotopic (exact) mass is 454 g/mol. The van der Waals surface area contributed by atoms with E-state index in [1.165, 1.54) is 59.1 Å². The Labute approximate surface area is 209 Å². The van der Waals surface area contributed by atoms with Crippen LogP contribution < -0.4 is 0 Å². The fraction of sp³-hybridized carbons (Fsp3) is 0.471. The average Bonchev–Trinajstić information content (AvgIpc) is 2.90. The quantitative estimate of drug-likeness (QED) is 0.255. The minimum Gasteiger partial charge on any atom is -0.0651 e. The highest BCUT2D eigenvalue weighted by atomic mass is 14.3. The molecule has 0 nitrogen and oxygen atoms in total. The van der Waals surface area contributed by atoms with Crippen molar-refractivity contribution in [1.82, 2.24) is 0 Å². The summed E-state index contributed by atoms with van der Waals surface area (Å²) in [4.78, 5) is 0. The molecule has 4 unspecified atom stereocenters. The van der Waals surface area contributed by atoms with Crippen LogP contribution in [0.3, 0.4) is 0 Å². The molecule has 3 rings (SSSR count). The zero-order chi connectivity index (χ0) is 24.5. The predicted molar refractivity (Wildman–Crippen MR) is 150 cm³/mol. The normalized spacial score (nSPS) is 15.0. The van der Waals surface area contributed by atoms with Crippen LogP contribution in [0, 0.1) is 11.8 Å². The molecule has 3 aromatic rings. The zero-order valence-corrected chi connectivity index (χ0v) is 22.5. The Morgan fingerprint density at radius 2 is 0.853 bits per heavy atom. The van der Waals surface area contributed by atoms with E-state index in [4.69, 9.17) is 0 Å². The highest BCUT2D eigenvalue weighted by Gasteiger charge is 2.25. The van der Waals surface area contributed by atoms with Crippen molar-refractivity contribution in [2.75, 3.05) is 0 Å². The van der Waals surface area contributed by atoms with Crippen LogP contribution in [0.15, 0.2) is 72.8 Å². The maximum atomic E-state index is 2.42. The summed E-state index contributed by atoms with van der Waals surface area (Å²) in [6, 6.07) is 28.2. The van der Waals surface area contributed by atoms with E-state index in [1.807, 2.05) is 0 Å². The van der Waals surface area contributed by atoms with Crippen molar-refractivity contribution in [2.24, 2.45) is 11.8 Å². The fourth-order valence-corrected chi connectivity index (χ4v) is 5.14. The molecule has 0 spiro atoms. The molecule has 0 radical (unpaired) electrons. The SMILES string of the molecule is CCc1ccc(C(CC(C)CC)c2ccccc2C(CC(C)CC)c2ccc(CC)cc2)cc1. The Balaban J connectivity index is 2.11. The van der Waals surface area contributed by atoms with Crippen LogP contribution in [0.1, 0.15) is 112 Å². The first-order valence-corrected chi connectivity index (χ1v) is 13.8. The number of rotatable bonds is 12. The van der Waals surface area contributed by atoms with E-state index in [9.17, 15) is 0 Å². The van der Waals surface area contributed by atoms with Crippen LogP contribution >= 0.6 is 0 Å². The lowest BCUT2D eigenvalue weighted by Crippen LogP contribution is -2.14. The van der Waals surface area contributed by atoms with Crippen LogP contribution in [0.2, 0.25) is 0 Å². The second-order valence-corrected chi connectivity index (χ2v) is 10.4. The summed E-state index contributed by atoms with van der Waals surface area (Å²) in [5.74, 6) is 2.26. The summed E-state index contributed by atoms with van der Waals surface area (Å²) in [6.45, 7) is 14.0. The second-order valence-electron chi connectivity index (χ2n) is 10.4. The van der Waals surface area contributed by atoms with Gasteiger partial charge in [-0.25, -0.2) is 0 Å². The second kappa shape index (κ2) is 12.9. The number of hydrogen-bond acceptors (Lipinski definition) is 0. The molecule has 0 heterocycles. The lowest BCUT2D eigenvalue weighted by Gasteiger charge is -2.29. The molecule has 0 aliphatic heterocycles. The van der Waals surface area contributed by atoms with Crippen molar-refractivity contribution in [2.45, 2.75) is 91.9 Å². The lowest BCUT2D eigenvalue weighted by atomic mass is 9.75. The summed E-state index contributed by atoms with van der Waals surface area (Å²) >= 11 is 0. The summed E-state index contributed by atoms with van der Waals surface area (Å²) < 4.78 is 0. The smallest absolute Gasteiger partial charge is 0.00948 e. The van der Waals surface area contributed by atoms with Crippen LogP contribution in [0.5, 0.6) is 0 Å². The van der Waals surface area contributed by atoms with Crippen LogP contribution in [0.25, 0.3) is 0 Å². The van der Waals surface area contributed by atoms with Gasteiger partial charge in [0.1, 0.15) is 0 Å². The molecule has 3 aromatic carbocycles. The molecule has 0 aliphatic rings. The molecule has 4 atom stereocenters. The highest BCUT2D eigenvalue weighted by molar-refractivity contribution is 5.44. The van der Waals surface area contributed by atoms with Crippen molar-refractivity contribution >= 4 is 0 Å². The molecular formula is C34H46.